The molecule has 6 nitrogen and oxygen atoms in total. The van der Waals surface area contributed by atoms with Crippen LogP contribution in [0.25, 0.3) is 0 Å². The maximum atomic E-state index is 11.6. The van der Waals surface area contributed by atoms with E-state index in [-0.39, 0.29) is 12.5 Å². The molecule has 4 N–H and O–H groups in total. The Kier molecular flexibility index (Phi) is 4.24. The van der Waals surface area contributed by atoms with E-state index in [9.17, 15) is 9.59 Å². The Morgan fingerprint density at radius 1 is 1.45 bits per heavy atom. The number of nitrogens with zero attached hydrogens (tertiary/aromatic N) is 1. The van der Waals surface area contributed by atoms with E-state index < -0.39 is 6.03 Å². The third-order valence-corrected chi connectivity index (χ3v) is 3.63. The van der Waals surface area contributed by atoms with Gasteiger partial charge in [-0.25, -0.2) is 4.79 Å². The van der Waals surface area contributed by atoms with E-state index in [1.165, 1.54) is 11.1 Å². The van der Waals surface area contributed by atoms with Gasteiger partial charge in [0.2, 0.25) is 5.91 Å². The van der Waals surface area contributed by atoms with Crippen molar-refractivity contribution >= 4 is 17.6 Å². The maximum absolute atomic E-state index is 11.6. The fourth-order valence-electron chi connectivity index (χ4n) is 2.44. The van der Waals surface area contributed by atoms with E-state index in [1.807, 2.05) is 18.0 Å². The molecule has 0 bridgehead atoms. The summed E-state index contributed by atoms with van der Waals surface area (Å²) in [6.07, 6.45) is 0.906. The number of fused-ring (bicyclic) bond motifs is 1. The van der Waals surface area contributed by atoms with Crippen molar-refractivity contribution in [3.8, 4) is 0 Å². The normalized spacial score (nSPS) is 14.8. The lowest BCUT2D eigenvalue weighted by Gasteiger charge is -2.19. The highest BCUT2D eigenvalue weighted by atomic mass is 16.2. The number of imide groups is 1. The molecule has 20 heavy (non-hydrogen) atoms. The molecule has 0 aliphatic carbocycles. The number of hydrogen-bond donors (Lipinski definition) is 3. The van der Waals surface area contributed by atoms with Crippen molar-refractivity contribution in [3.05, 3.63) is 29.3 Å². The number of benzene rings is 1. The van der Waals surface area contributed by atoms with Crippen LogP contribution in [0.4, 0.5) is 10.5 Å². The number of carbonyl (C=O) groups is 2. The van der Waals surface area contributed by atoms with Crippen LogP contribution in [-0.2, 0) is 11.2 Å². The first-order valence-electron chi connectivity index (χ1n) is 6.65. The number of anilines is 1. The largest absolute Gasteiger partial charge is 0.362 e. The average molecular weight is 276 g/mol. The minimum atomic E-state index is -0.812. The molecule has 1 aromatic rings. The van der Waals surface area contributed by atoms with Crippen molar-refractivity contribution in [2.24, 2.45) is 5.73 Å². The van der Waals surface area contributed by atoms with Gasteiger partial charge in [-0.15, -0.1) is 0 Å². The zero-order chi connectivity index (χ0) is 14.7. The smallest absolute Gasteiger partial charge is 0.318 e. The number of urea groups is 1. The maximum Gasteiger partial charge on any atom is 0.318 e. The van der Waals surface area contributed by atoms with Crippen molar-refractivity contribution in [1.29, 1.82) is 0 Å². The molecule has 0 fully saturated rings. The zero-order valence-corrected chi connectivity index (χ0v) is 11.8. The van der Waals surface area contributed by atoms with E-state index in [4.69, 9.17) is 5.73 Å². The van der Waals surface area contributed by atoms with Gasteiger partial charge in [0.1, 0.15) is 0 Å². The lowest BCUT2D eigenvalue weighted by Crippen LogP contribution is -2.41. The summed E-state index contributed by atoms with van der Waals surface area (Å²) in [6.45, 7) is 3.03. The van der Waals surface area contributed by atoms with E-state index in [0.717, 1.165) is 18.7 Å². The van der Waals surface area contributed by atoms with Crippen LogP contribution < -0.4 is 21.3 Å². The van der Waals surface area contributed by atoms with Crippen LogP contribution >= 0.6 is 0 Å². The Morgan fingerprint density at radius 2 is 2.20 bits per heavy atom. The van der Waals surface area contributed by atoms with Gasteiger partial charge in [0.05, 0.1) is 6.54 Å². The number of primary amides is 1. The molecule has 1 atom stereocenters. The predicted molar refractivity (Wildman–Crippen MR) is 77.6 cm³/mol. The predicted octanol–water partition coefficient (Wildman–Crippen LogP) is 0.524. The highest BCUT2D eigenvalue weighted by molar-refractivity contribution is 5.96. The van der Waals surface area contributed by atoms with Crippen molar-refractivity contribution in [2.45, 2.75) is 19.4 Å². The zero-order valence-electron chi connectivity index (χ0n) is 11.8. The second-order valence-corrected chi connectivity index (χ2v) is 4.98. The third-order valence-electron chi connectivity index (χ3n) is 3.63. The minimum absolute atomic E-state index is 0.150. The molecule has 2 rings (SSSR count). The van der Waals surface area contributed by atoms with Crippen LogP contribution in [0, 0.1) is 0 Å². The van der Waals surface area contributed by atoms with Crippen LogP contribution in [0.1, 0.15) is 24.1 Å². The first-order chi connectivity index (χ1) is 9.51. The van der Waals surface area contributed by atoms with Gasteiger partial charge in [-0.2, -0.15) is 0 Å². The number of carbonyl (C=O) groups excluding carboxylic acids is 2. The van der Waals surface area contributed by atoms with Crippen LogP contribution in [-0.4, -0.2) is 32.1 Å². The van der Waals surface area contributed by atoms with Crippen LogP contribution in [0.15, 0.2) is 18.2 Å². The molecule has 0 radical (unpaired) electrons. The molecule has 1 heterocycles. The third kappa shape index (κ3) is 3.08. The van der Waals surface area contributed by atoms with Crippen LogP contribution in [0.3, 0.4) is 0 Å². The van der Waals surface area contributed by atoms with Gasteiger partial charge < -0.3 is 16.0 Å². The second-order valence-electron chi connectivity index (χ2n) is 4.98. The van der Waals surface area contributed by atoms with Crippen molar-refractivity contribution in [1.82, 2.24) is 10.6 Å². The molecule has 1 aromatic carbocycles. The van der Waals surface area contributed by atoms with E-state index in [0.29, 0.717) is 6.04 Å². The van der Waals surface area contributed by atoms with Gasteiger partial charge in [-0.05, 0) is 37.6 Å². The van der Waals surface area contributed by atoms with Crippen molar-refractivity contribution in [3.63, 3.8) is 0 Å². The van der Waals surface area contributed by atoms with E-state index in [1.54, 1.807) is 0 Å². The van der Waals surface area contributed by atoms with Gasteiger partial charge in [-0.3, -0.25) is 10.1 Å². The number of rotatable bonds is 4. The summed E-state index contributed by atoms with van der Waals surface area (Å²) in [5.74, 6) is -0.377. The molecule has 6 heteroatoms. The Morgan fingerprint density at radius 3 is 2.85 bits per heavy atom. The molecular weight excluding hydrogens is 256 g/mol. The molecule has 1 aliphatic heterocycles. The molecular formula is C14H20N4O2. The van der Waals surface area contributed by atoms with E-state index >= 15 is 0 Å². The summed E-state index contributed by atoms with van der Waals surface area (Å²) in [7, 11) is 1.93. The number of nitrogens with two attached hydrogens (primary N) is 1. The molecule has 1 aliphatic rings. The summed E-state index contributed by atoms with van der Waals surface area (Å²) < 4.78 is 0. The molecule has 108 valence electrons. The Bertz CT molecular complexity index is 530. The van der Waals surface area contributed by atoms with Gasteiger partial charge in [0.25, 0.3) is 0 Å². The van der Waals surface area contributed by atoms with Gasteiger partial charge in [0, 0.05) is 18.3 Å². The van der Waals surface area contributed by atoms with E-state index in [2.05, 4.69) is 29.7 Å². The summed E-state index contributed by atoms with van der Waals surface area (Å²) >= 11 is 0. The lowest BCUT2D eigenvalue weighted by atomic mass is 10.0. The lowest BCUT2D eigenvalue weighted by molar-refractivity contribution is -0.118. The topological polar surface area (TPSA) is 87.5 Å². The number of amides is 3. The second kappa shape index (κ2) is 5.92. The number of nitrogens with one attached hydrogen (secondary N) is 2. The van der Waals surface area contributed by atoms with Gasteiger partial charge in [0.15, 0.2) is 0 Å². The Labute approximate surface area is 118 Å². The number of hydrogen-bond acceptors (Lipinski definition) is 4. The molecule has 0 saturated heterocycles. The molecule has 1 unspecified atom stereocenters. The molecule has 0 aromatic heterocycles. The van der Waals surface area contributed by atoms with Gasteiger partial charge in [-0.1, -0.05) is 12.1 Å². The molecule has 0 spiro atoms. The quantitative estimate of drug-likeness (QED) is 0.748. The molecule has 3 amide bonds. The van der Waals surface area contributed by atoms with Crippen molar-refractivity contribution in [2.75, 3.05) is 25.0 Å². The standard InChI is InChI=1S/C14H20N4O2/c1-9(16-2)10-3-4-12-11(7-10)5-6-18(12)8-13(19)17-14(15)20/h3-4,7,9,16H,5-6,8H2,1-2H3,(H3,15,17,19,20). The molecule has 0 saturated carbocycles. The fraction of sp³-hybridized carbons (Fsp3) is 0.429. The fourth-order valence-corrected chi connectivity index (χ4v) is 2.44. The summed E-state index contributed by atoms with van der Waals surface area (Å²) in [4.78, 5) is 24.2. The SMILES string of the molecule is CNC(C)c1ccc2c(c1)CCN2CC(=O)NC(N)=O. The van der Waals surface area contributed by atoms with Crippen molar-refractivity contribution < 1.29 is 9.59 Å². The Balaban J connectivity index is 2.09. The summed E-state index contributed by atoms with van der Waals surface area (Å²) in [5, 5.41) is 5.30. The first kappa shape index (κ1) is 14.3. The summed E-state index contributed by atoms with van der Waals surface area (Å²) in [5.41, 5.74) is 8.45. The minimum Gasteiger partial charge on any atom is -0.362 e. The Hall–Kier alpha value is -2.08. The average Bonchev–Trinajstić information content (AvgIpc) is 2.79. The highest BCUT2D eigenvalue weighted by Crippen LogP contribution is 2.30. The first-order valence-corrected chi connectivity index (χ1v) is 6.65. The van der Waals surface area contributed by atoms with Crippen LogP contribution in [0.5, 0.6) is 0 Å². The van der Waals surface area contributed by atoms with Gasteiger partial charge >= 0.3 is 6.03 Å². The highest BCUT2D eigenvalue weighted by Gasteiger charge is 2.22. The summed E-state index contributed by atoms with van der Waals surface area (Å²) in [6, 6.07) is 5.75. The monoisotopic (exact) mass is 276 g/mol. The van der Waals surface area contributed by atoms with Crippen LogP contribution in [0.2, 0.25) is 0 Å².